The van der Waals surface area contributed by atoms with Gasteiger partial charge in [-0.1, -0.05) is 17.7 Å². The SMILES string of the molecule is Cc1cc(C)c(-c2csc(N)c2)c(C)c1. The first-order valence-electron chi connectivity index (χ1n) is 5.00. The fraction of sp³-hybridized carbons (Fsp3) is 0.231. The molecule has 0 aliphatic rings. The molecule has 2 heteroatoms. The molecule has 0 amide bonds. The number of rotatable bonds is 1. The van der Waals surface area contributed by atoms with E-state index in [1.807, 2.05) is 0 Å². The van der Waals surface area contributed by atoms with Crippen LogP contribution in [0.5, 0.6) is 0 Å². The zero-order valence-corrected chi connectivity index (χ0v) is 10.1. The number of nitrogens with two attached hydrogens (primary N) is 1. The Bertz CT molecular complexity index is 474. The summed E-state index contributed by atoms with van der Waals surface area (Å²) >= 11 is 1.60. The topological polar surface area (TPSA) is 26.0 Å². The first-order valence-corrected chi connectivity index (χ1v) is 5.88. The molecule has 0 aliphatic heterocycles. The molecule has 0 atom stereocenters. The monoisotopic (exact) mass is 217 g/mol. The van der Waals surface area contributed by atoms with Crippen molar-refractivity contribution in [2.45, 2.75) is 20.8 Å². The van der Waals surface area contributed by atoms with Crippen molar-refractivity contribution < 1.29 is 0 Å². The first kappa shape index (κ1) is 10.2. The predicted octanol–water partition coefficient (Wildman–Crippen LogP) is 3.92. The van der Waals surface area contributed by atoms with Crippen molar-refractivity contribution in [3.63, 3.8) is 0 Å². The summed E-state index contributed by atoms with van der Waals surface area (Å²) in [6.07, 6.45) is 0. The van der Waals surface area contributed by atoms with Gasteiger partial charge < -0.3 is 5.73 Å². The molecule has 0 saturated heterocycles. The molecule has 0 fully saturated rings. The molecule has 2 N–H and O–H groups in total. The summed E-state index contributed by atoms with van der Waals surface area (Å²) in [5.74, 6) is 0. The molecule has 1 nitrogen and oxygen atoms in total. The second kappa shape index (κ2) is 3.70. The Kier molecular flexibility index (Phi) is 2.53. The van der Waals surface area contributed by atoms with Crippen LogP contribution in [0.1, 0.15) is 16.7 Å². The number of hydrogen-bond acceptors (Lipinski definition) is 2. The van der Waals surface area contributed by atoms with E-state index in [9.17, 15) is 0 Å². The van der Waals surface area contributed by atoms with Crippen LogP contribution in [0, 0.1) is 20.8 Å². The lowest BCUT2D eigenvalue weighted by Gasteiger charge is -2.09. The van der Waals surface area contributed by atoms with Gasteiger partial charge in [0.05, 0.1) is 5.00 Å². The second-order valence-electron chi connectivity index (χ2n) is 4.01. The third-order valence-corrected chi connectivity index (χ3v) is 3.35. The normalized spacial score (nSPS) is 10.6. The minimum absolute atomic E-state index is 0.879. The minimum atomic E-state index is 0.879. The van der Waals surface area contributed by atoms with Crippen LogP contribution in [0.15, 0.2) is 23.6 Å². The van der Waals surface area contributed by atoms with Gasteiger partial charge in [-0.05, 0) is 49.1 Å². The highest BCUT2D eigenvalue weighted by Gasteiger charge is 2.07. The molecule has 0 radical (unpaired) electrons. The Morgan fingerprint density at radius 2 is 1.60 bits per heavy atom. The summed E-state index contributed by atoms with van der Waals surface area (Å²) in [4.78, 5) is 0. The fourth-order valence-electron chi connectivity index (χ4n) is 2.12. The van der Waals surface area contributed by atoms with Gasteiger partial charge in [-0.15, -0.1) is 11.3 Å². The van der Waals surface area contributed by atoms with Gasteiger partial charge in [0.25, 0.3) is 0 Å². The van der Waals surface area contributed by atoms with E-state index in [1.54, 1.807) is 11.3 Å². The standard InChI is InChI=1S/C13H15NS/c1-8-4-9(2)13(10(3)5-8)11-6-12(14)15-7-11/h4-7H,14H2,1-3H3. The van der Waals surface area contributed by atoms with Gasteiger partial charge in [-0.25, -0.2) is 0 Å². The van der Waals surface area contributed by atoms with Crippen LogP contribution in [0.3, 0.4) is 0 Å². The number of nitrogen functional groups attached to an aromatic ring is 1. The van der Waals surface area contributed by atoms with Crippen molar-refractivity contribution in [2.24, 2.45) is 0 Å². The van der Waals surface area contributed by atoms with E-state index in [0.717, 1.165) is 5.00 Å². The van der Waals surface area contributed by atoms with Crippen LogP contribution in [-0.2, 0) is 0 Å². The quantitative estimate of drug-likeness (QED) is 0.769. The average Bonchev–Trinajstić information content (AvgIpc) is 2.49. The molecule has 78 valence electrons. The van der Waals surface area contributed by atoms with Crippen molar-refractivity contribution in [2.75, 3.05) is 5.73 Å². The molecular formula is C13H15NS. The van der Waals surface area contributed by atoms with Crippen LogP contribution >= 0.6 is 11.3 Å². The van der Waals surface area contributed by atoms with Crippen molar-refractivity contribution in [1.29, 1.82) is 0 Å². The summed E-state index contributed by atoms with van der Waals surface area (Å²) in [6, 6.07) is 6.49. The summed E-state index contributed by atoms with van der Waals surface area (Å²) < 4.78 is 0. The van der Waals surface area contributed by atoms with Crippen molar-refractivity contribution in [3.8, 4) is 11.1 Å². The van der Waals surface area contributed by atoms with Crippen LogP contribution < -0.4 is 5.73 Å². The van der Waals surface area contributed by atoms with E-state index < -0.39 is 0 Å². The zero-order valence-electron chi connectivity index (χ0n) is 9.29. The van der Waals surface area contributed by atoms with E-state index in [-0.39, 0.29) is 0 Å². The maximum absolute atomic E-state index is 5.76. The molecule has 1 heterocycles. The molecule has 0 saturated carbocycles. The van der Waals surface area contributed by atoms with Gasteiger partial charge in [-0.3, -0.25) is 0 Å². The number of aryl methyl sites for hydroxylation is 3. The lowest BCUT2D eigenvalue weighted by Crippen LogP contribution is -1.88. The molecule has 15 heavy (non-hydrogen) atoms. The lowest BCUT2D eigenvalue weighted by atomic mass is 9.96. The highest BCUT2D eigenvalue weighted by atomic mass is 32.1. The van der Waals surface area contributed by atoms with Gasteiger partial charge in [0.15, 0.2) is 0 Å². The van der Waals surface area contributed by atoms with E-state index in [4.69, 9.17) is 5.73 Å². The van der Waals surface area contributed by atoms with Gasteiger partial charge >= 0.3 is 0 Å². The Balaban J connectivity index is 2.62. The maximum Gasteiger partial charge on any atom is 0.0862 e. The average molecular weight is 217 g/mol. The molecule has 2 rings (SSSR count). The third kappa shape index (κ3) is 1.90. The Morgan fingerprint density at radius 1 is 1.00 bits per heavy atom. The highest BCUT2D eigenvalue weighted by Crippen LogP contribution is 2.32. The summed E-state index contributed by atoms with van der Waals surface area (Å²) in [7, 11) is 0. The third-order valence-electron chi connectivity index (χ3n) is 2.59. The number of hydrogen-bond donors (Lipinski definition) is 1. The first-order chi connectivity index (χ1) is 7.08. The van der Waals surface area contributed by atoms with E-state index >= 15 is 0 Å². The maximum atomic E-state index is 5.76. The van der Waals surface area contributed by atoms with E-state index in [0.29, 0.717) is 0 Å². The number of thiophene rings is 1. The van der Waals surface area contributed by atoms with Gasteiger partial charge in [0.1, 0.15) is 0 Å². The molecule has 0 aliphatic carbocycles. The van der Waals surface area contributed by atoms with Crippen LogP contribution in [0.4, 0.5) is 5.00 Å². The molecule has 1 aromatic carbocycles. The number of benzene rings is 1. The van der Waals surface area contributed by atoms with Gasteiger partial charge in [0, 0.05) is 5.38 Å². The largest absolute Gasteiger partial charge is 0.391 e. The summed E-state index contributed by atoms with van der Waals surface area (Å²) in [5.41, 5.74) is 12.3. The highest BCUT2D eigenvalue weighted by molar-refractivity contribution is 7.14. The minimum Gasteiger partial charge on any atom is -0.391 e. The van der Waals surface area contributed by atoms with Crippen LogP contribution in [0.25, 0.3) is 11.1 Å². The van der Waals surface area contributed by atoms with Crippen LogP contribution in [0.2, 0.25) is 0 Å². The summed E-state index contributed by atoms with van der Waals surface area (Å²) in [6.45, 7) is 6.44. The number of anilines is 1. The van der Waals surface area contributed by atoms with Gasteiger partial charge in [0.2, 0.25) is 0 Å². The molecular weight excluding hydrogens is 202 g/mol. The predicted molar refractivity (Wildman–Crippen MR) is 68.4 cm³/mol. The lowest BCUT2D eigenvalue weighted by molar-refractivity contribution is 1.32. The van der Waals surface area contributed by atoms with E-state index in [2.05, 4.69) is 44.4 Å². The molecule has 0 spiro atoms. The smallest absolute Gasteiger partial charge is 0.0862 e. The molecule has 2 aromatic rings. The fourth-order valence-corrected chi connectivity index (χ4v) is 2.76. The Hall–Kier alpha value is -1.28. The van der Waals surface area contributed by atoms with Crippen LogP contribution in [-0.4, -0.2) is 0 Å². The molecule has 1 aromatic heterocycles. The summed E-state index contributed by atoms with van der Waals surface area (Å²) in [5, 5.41) is 3.00. The molecule has 0 bridgehead atoms. The second-order valence-corrected chi connectivity index (χ2v) is 4.95. The van der Waals surface area contributed by atoms with Crippen molar-refractivity contribution >= 4 is 16.3 Å². The van der Waals surface area contributed by atoms with E-state index in [1.165, 1.54) is 27.8 Å². The van der Waals surface area contributed by atoms with Gasteiger partial charge in [-0.2, -0.15) is 0 Å². The van der Waals surface area contributed by atoms with Crippen molar-refractivity contribution in [3.05, 3.63) is 40.3 Å². The Morgan fingerprint density at radius 3 is 2.07 bits per heavy atom. The zero-order chi connectivity index (χ0) is 11.0. The van der Waals surface area contributed by atoms with Crippen molar-refractivity contribution in [1.82, 2.24) is 0 Å². The molecule has 0 unspecified atom stereocenters. The Labute approximate surface area is 94.6 Å².